The number of nitrogens with one attached hydrogen (secondary N) is 2. The summed E-state index contributed by atoms with van der Waals surface area (Å²) in [4.78, 5) is 0. The van der Waals surface area contributed by atoms with Gasteiger partial charge in [-0.05, 0) is 57.3 Å². The molecule has 3 fully saturated rings. The zero-order valence-corrected chi connectivity index (χ0v) is 15.4. The second kappa shape index (κ2) is 7.98. The molecular weight excluding hydrogens is 331 g/mol. The number of piperidine rings is 1. The second-order valence-electron chi connectivity index (χ2n) is 7.75. The Labute approximate surface area is 145 Å². The molecular formula is C17H31FN2O3S. The molecule has 0 radical (unpaired) electrons. The zero-order valence-electron chi connectivity index (χ0n) is 14.5. The first-order valence-electron chi connectivity index (χ1n) is 9.37. The van der Waals surface area contributed by atoms with Crippen LogP contribution in [0.5, 0.6) is 0 Å². The van der Waals surface area contributed by atoms with Gasteiger partial charge in [0.25, 0.3) is 0 Å². The average molecular weight is 363 g/mol. The van der Waals surface area contributed by atoms with Crippen LogP contribution in [0.3, 0.4) is 0 Å². The van der Waals surface area contributed by atoms with Crippen LogP contribution in [0.15, 0.2) is 0 Å². The minimum Gasteiger partial charge on any atom is -0.377 e. The molecule has 2 aliphatic heterocycles. The van der Waals surface area contributed by atoms with Crippen molar-refractivity contribution in [1.29, 1.82) is 0 Å². The minimum absolute atomic E-state index is 0.138. The summed E-state index contributed by atoms with van der Waals surface area (Å²) >= 11 is 0. The normalized spacial score (nSPS) is 41.4. The quantitative estimate of drug-likeness (QED) is 0.780. The zero-order chi connectivity index (χ0) is 17.2. The van der Waals surface area contributed by atoms with E-state index in [4.69, 9.17) is 4.74 Å². The molecule has 0 aromatic rings. The highest BCUT2D eigenvalue weighted by Gasteiger charge is 2.38. The van der Waals surface area contributed by atoms with Crippen molar-refractivity contribution < 1.29 is 17.5 Å². The third kappa shape index (κ3) is 4.68. The Morgan fingerprint density at radius 3 is 2.50 bits per heavy atom. The highest BCUT2D eigenvalue weighted by atomic mass is 32.2. The molecule has 0 amide bonds. The molecule has 7 heteroatoms. The monoisotopic (exact) mass is 362 g/mol. The molecule has 0 spiro atoms. The Hall–Kier alpha value is -0.240. The van der Waals surface area contributed by atoms with Crippen LogP contribution in [-0.4, -0.2) is 57.6 Å². The molecule has 1 aliphatic carbocycles. The summed E-state index contributed by atoms with van der Waals surface area (Å²) in [6.07, 6.45) is 7.46. The van der Waals surface area contributed by atoms with Crippen LogP contribution in [0.1, 0.15) is 51.4 Å². The van der Waals surface area contributed by atoms with Crippen LogP contribution in [0, 0.1) is 5.92 Å². The maximum Gasteiger partial charge on any atom is 0.150 e. The van der Waals surface area contributed by atoms with E-state index in [9.17, 15) is 12.8 Å². The molecule has 140 valence electrons. The van der Waals surface area contributed by atoms with Crippen molar-refractivity contribution in [3.8, 4) is 0 Å². The van der Waals surface area contributed by atoms with E-state index in [-0.39, 0.29) is 23.4 Å². The summed E-state index contributed by atoms with van der Waals surface area (Å²) in [5.41, 5.74) is 0. The first-order valence-corrected chi connectivity index (χ1v) is 11.3. The molecule has 0 aromatic heterocycles. The van der Waals surface area contributed by atoms with Crippen molar-refractivity contribution in [2.45, 2.75) is 81.1 Å². The van der Waals surface area contributed by atoms with Gasteiger partial charge in [0.05, 0.1) is 17.5 Å². The highest BCUT2D eigenvalue weighted by Crippen LogP contribution is 2.34. The summed E-state index contributed by atoms with van der Waals surface area (Å²) in [7, 11) is -2.96. The van der Waals surface area contributed by atoms with Gasteiger partial charge in [0.15, 0.2) is 0 Å². The number of ether oxygens (including phenoxy) is 1. The van der Waals surface area contributed by atoms with Gasteiger partial charge in [-0.1, -0.05) is 0 Å². The predicted octanol–water partition coefficient (Wildman–Crippen LogP) is 1.77. The lowest BCUT2D eigenvalue weighted by Crippen LogP contribution is -2.58. The van der Waals surface area contributed by atoms with E-state index >= 15 is 0 Å². The first kappa shape index (κ1) is 18.5. The van der Waals surface area contributed by atoms with Gasteiger partial charge in [0.1, 0.15) is 16.0 Å². The summed E-state index contributed by atoms with van der Waals surface area (Å²) < 4.78 is 43.4. The summed E-state index contributed by atoms with van der Waals surface area (Å²) in [5, 5.41) is 6.71. The molecule has 0 aromatic carbocycles. The van der Waals surface area contributed by atoms with Crippen molar-refractivity contribution in [2.24, 2.45) is 5.92 Å². The van der Waals surface area contributed by atoms with Crippen LogP contribution in [0.2, 0.25) is 0 Å². The summed E-state index contributed by atoms with van der Waals surface area (Å²) in [5.74, 6) is 0.241. The molecule has 24 heavy (non-hydrogen) atoms. The fraction of sp³-hybridized carbons (Fsp3) is 1.00. The Morgan fingerprint density at radius 1 is 1.12 bits per heavy atom. The Morgan fingerprint density at radius 2 is 1.88 bits per heavy atom. The number of sulfone groups is 1. The number of halogens is 1. The topological polar surface area (TPSA) is 67.4 Å². The SMILES string of the molecule is CS(=O)(=O)C1CCC(C2NC(NCC3CCCO3)CCC2F)CC1. The summed E-state index contributed by atoms with van der Waals surface area (Å²) in [6.45, 7) is 1.67. The predicted molar refractivity (Wildman–Crippen MR) is 92.4 cm³/mol. The fourth-order valence-corrected chi connectivity index (χ4v) is 5.60. The van der Waals surface area contributed by atoms with Gasteiger partial charge in [0.2, 0.25) is 0 Å². The van der Waals surface area contributed by atoms with E-state index in [1.165, 1.54) is 6.26 Å². The minimum atomic E-state index is -2.96. The van der Waals surface area contributed by atoms with Crippen LogP contribution in [0.4, 0.5) is 4.39 Å². The Bertz CT molecular complexity index is 502. The molecule has 1 saturated carbocycles. The van der Waals surface area contributed by atoms with Crippen molar-refractivity contribution >= 4 is 9.84 Å². The smallest absolute Gasteiger partial charge is 0.150 e. The standard InChI is InChI=1S/C17H31FN2O3S/c1-24(21,22)14-6-4-12(5-7-14)17-15(18)8-9-16(20-17)19-11-13-3-2-10-23-13/h12-17,19-20H,2-11H2,1H3. The van der Waals surface area contributed by atoms with Gasteiger partial charge in [0, 0.05) is 25.4 Å². The van der Waals surface area contributed by atoms with Crippen LogP contribution < -0.4 is 10.6 Å². The maximum absolute atomic E-state index is 14.4. The van der Waals surface area contributed by atoms with Crippen molar-refractivity contribution in [3.05, 3.63) is 0 Å². The molecule has 3 aliphatic rings. The van der Waals surface area contributed by atoms with E-state index in [2.05, 4.69) is 10.6 Å². The fourth-order valence-electron chi connectivity index (χ4n) is 4.47. The van der Waals surface area contributed by atoms with Gasteiger partial charge in [-0.3, -0.25) is 10.6 Å². The van der Waals surface area contributed by atoms with Crippen molar-refractivity contribution in [1.82, 2.24) is 10.6 Å². The third-order valence-electron chi connectivity index (χ3n) is 5.96. The molecule has 2 saturated heterocycles. The lowest BCUT2D eigenvalue weighted by Gasteiger charge is -2.41. The molecule has 2 N–H and O–H groups in total. The van der Waals surface area contributed by atoms with Gasteiger partial charge < -0.3 is 4.74 Å². The molecule has 4 atom stereocenters. The Balaban J connectivity index is 1.49. The third-order valence-corrected chi connectivity index (χ3v) is 7.64. The lowest BCUT2D eigenvalue weighted by atomic mass is 9.79. The summed E-state index contributed by atoms with van der Waals surface area (Å²) in [6, 6.07) is -0.152. The van der Waals surface area contributed by atoms with E-state index in [1.54, 1.807) is 0 Å². The van der Waals surface area contributed by atoms with Gasteiger partial charge in [-0.2, -0.15) is 0 Å². The van der Waals surface area contributed by atoms with E-state index in [0.717, 1.165) is 45.3 Å². The van der Waals surface area contributed by atoms with E-state index in [1.807, 2.05) is 0 Å². The van der Waals surface area contributed by atoms with E-state index in [0.29, 0.717) is 25.4 Å². The molecule has 3 rings (SSSR count). The number of hydrogen-bond donors (Lipinski definition) is 2. The van der Waals surface area contributed by atoms with Crippen LogP contribution in [0.25, 0.3) is 0 Å². The largest absolute Gasteiger partial charge is 0.377 e. The highest BCUT2D eigenvalue weighted by molar-refractivity contribution is 7.91. The first-order chi connectivity index (χ1) is 11.4. The average Bonchev–Trinajstić information content (AvgIpc) is 3.07. The van der Waals surface area contributed by atoms with Crippen LogP contribution >= 0.6 is 0 Å². The van der Waals surface area contributed by atoms with Gasteiger partial charge >= 0.3 is 0 Å². The van der Waals surface area contributed by atoms with E-state index < -0.39 is 16.0 Å². The van der Waals surface area contributed by atoms with Gasteiger partial charge in [-0.25, -0.2) is 12.8 Å². The van der Waals surface area contributed by atoms with Crippen molar-refractivity contribution in [3.63, 3.8) is 0 Å². The second-order valence-corrected chi connectivity index (χ2v) is 10.1. The van der Waals surface area contributed by atoms with Gasteiger partial charge in [-0.15, -0.1) is 0 Å². The maximum atomic E-state index is 14.4. The number of hydrogen-bond acceptors (Lipinski definition) is 5. The number of alkyl halides is 1. The molecule has 0 bridgehead atoms. The number of rotatable bonds is 5. The molecule has 5 nitrogen and oxygen atoms in total. The lowest BCUT2D eigenvalue weighted by molar-refractivity contribution is 0.0797. The molecule has 2 heterocycles. The van der Waals surface area contributed by atoms with Crippen LogP contribution in [-0.2, 0) is 14.6 Å². The van der Waals surface area contributed by atoms with Crippen molar-refractivity contribution in [2.75, 3.05) is 19.4 Å². The Kier molecular flexibility index (Phi) is 6.16. The molecule has 4 unspecified atom stereocenters.